The van der Waals surface area contributed by atoms with Crippen LogP contribution in [0.4, 0.5) is 0 Å². The zero-order valence-corrected chi connectivity index (χ0v) is 14.1. The summed E-state index contributed by atoms with van der Waals surface area (Å²) in [5.74, 6) is -0.636. The highest BCUT2D eigenvalue weighted by molar-refractivity contribution is 5.87. The molecule has 8 heteroatoms. The Bertz CT molecular complexity index is 805. The second-order valence-electron chi connectivity index (χ2n) is 4.76. The molecule has 0 radical (unpaired) electrons. The molecule has 2 aromatic rings. The molecule has 0 unspecified atom stereocenters. The molecular weight excluding hydrogens is 326 g/mol. The van der Waals surface area contributed by atoms with Crippen LogP contribution in [0, 0.1) is 6.92 Å². The van der Waals surface area contributed by atoms with E-state index in [1.807, 2.05) is 0 Å². The van der Waals surface area contributed by atoms with Crippen LogP contribution in [-0.4, -0.2) is 40.6 Å². The molecule has 0 N–H and O–H groups in total. The molecule has 0 aliphatic carbocycles. The lowest BCUT2D eigenvalue weighted by molar-refractivity contribution is -0.137. The molecule has 0 aromatic carbocycles. The number of carbonyl (C=O) groups is 2. The number of aromatic nitrogens is 3. The van der Waals surface area contributed by atoms with Crippen molar-refractivity contribution in [1.82, 2.24) is 15.0 Å². The van der Waals surface area contributed by atoms with Crippen molar-refractivity contribution in [3.63, 3.8) is 0 Å². The summed E-state index contributed by atoms with van der Waals surface area (Å²) < 4.78 is 15.0. The number of rotatable bonds is 6. The Morgan fingerprint density at radius 1 is 1.28 bits per heavy atom. The van der Waals surface area contributed by atoms with E-state index >= 15 is 0 Å². The van der Waals surface area contributed by atoms with Crippen molar-refractivity contribution in [1.29, 1.82) is 0 Å². The zero-order valence-electron chi connectivity index (χ0n) is 14.1. The van der Waals surface area contributed by atoms with E-state index in [0.717, 1.165) is 5.56 Å². The van der Waals surface area contributed by atoms with E-state index in [0.29, 0.717) is 17.9 Å². The first-order chi connectivity index (χ1) is 12.0. The van der Waals surface area contributed by atoms with Gasteiger partial charge < -0.3 is 14.2 Å². The Labute approximate surface area is 144 Å². The van der Waals surface area contributed by atoms with Crippen molar-refractivity contribution in [2.45, 2.75) is 13.8 Å². The fourth-order valence-corrected chi connectivity index (χ4v) is 1.85. The Morgan fingerprint density at radius 2 is 2.08 bits per heavy atom. The quantitative estimate of drug-likeness (QED) is 0.582. The van der Waals surface area contributed by atoms with Gasteiger partial charge in [-0.15, -0.1) is 0 Å². The fraction of sp³-hybridized carbons (Fsp3) is 0.235. The van der Waals surface area contributed by atoms with Crippen LogP contribution >= 0.6 is 0 Å². The monoisotopic (exact) mass is 343 g/mol. The third kappa shape index (κ3) is 4.84. The molecule has 0 saturated heterocycles. The second-order valence-corrected chi connectivity index (χ2v) is 4.76. The Balaban J connectivity index is 2.22. The first-order valence-electron chi connectivity index (χ1n) is 7.43. The minimum atomic E-state index is -0.590. The molecule has 2 rings (SSSR count). The number of methoxy groups -OCH3 is 1. The summed E-state index contributed by atoms with van der Waals surface area (Å²) in [6.07, 6.45) is 7.36. The minimum Gasteiger partial charge on any atom is -0.464 e. The summed E-state index contributed by atoms with van der Waals surface area (Å²) in [7, 11) is 1.26. The van der Waals surface area contributed by atoms with Crippen molar-refractivity contribution < 1.29 is 23.8 Å². The summed E-state index contributed by atoms with van der Waals surface area (Å²) in [4.78, 5) is 34.9. The molecule has 0 bridgehead atoms. The molecule has 0 fully saturated rings. The van der Waals surface area contributed by atoms with E-state index in [-0.39, 0.29) is 11.7 Å². The van der Waals surface area contributed by atoms with Crippen LogP contribution in [-0.2, 0) is 14.3 Å². The molecule has 8 nitrogen and oxygen atoms in total. The smallest absolute Gasteiger partial charge is 0.356 e. The number of hydrogen-bond donors (Lipinski definition) is 0. The number of esters is 2. The lowest BCUT2D eigenvalue weighted by Gasteiger charge is -2.09. The molecule has 0 amide bonds. The van der Waals surface area contributed by atoms with Gasteiger partial charge in [0.05, 0.1) is 19.9 Å². The van der Waals surface area contributed by atoms with Crippen LogP contribution in [0.3, 0.4) is 0 Å². The predicted octanol–water partition coefficient (Wildman–Crippen LogP) is 2.34. The molecule has 2 heterocycles. The van der Waals surface area contributed by atoms with E-state index in [1.54, 1.807) is 26.1 Å². The maximum Gasteiger partial charge on any atom is 0.356 e. The highest BCUT2D eigenvalue weighted by Crippen LogP contribution is 2.24. The van der Waals surface area contributed by atoms with Crippen LogP contribution in [0.15, 0.2) is 30.7 Å². The van der Waals surface area contributed by atoms with E-state index in [9.17, 15) is 9.59 Å². The number of pyridine rings is 1. The topological polar surface area (TPSA) is 100 Å². The molecule has 0 atom stereocenters. The zero-order chi connectivity index (χ0) is 18.2. The number of carbonyl (C=O) groups excluding carboxylic acids is 2. The molecular formula is C17H17N3O5. The van der Waals surface area contributed by atoms with Gasteiger partial charge in [0.2, 0.25) is 0 Å². The molecule has 0 spiro atoms. The number of ether oxygens (including phenoxy) is 3. The second kappa shape index (κ2) is 8.53. The van der Waals surface area contributed by atoms with Gasteiger partial charge in [-0.2, -0.15) is 4.98 Å². The normalized spacial score (nSPS) is 10.5. The SMILES string of the molecule is CCOC(=O)/C=C/c1cncc(Oc2nccc(C(=O)OC)n2)c1C. The Kier molecular flexibility index (Phi) is 6.16. The van der Waals surface area contributed by atoms with Gasteiger partial charge in [0.15, 0.2) is 11.4 Å². The molecule has 0 aliphatic rings. The van der Waals surface area contributed by atoms with Crippen molar-refractivity contribution in [2.75, 3.05) is 13.7 Å². The average Bonchev–Trinajstić information content (AvgIpc) is 2.62. The van der Waals surface area contributed by atoms with E-state index in [1.165, 1.54) is 31.6 Å². The molecule has 25 heavy (non-hydrogen) atoms. The van der Waals surface area contributed by atoms with Gasteiger partial charge in [0.1, 0.15) is 0 Å². The maximum absolute atomic E-state index is 11.5. The van der Waals surface area contributed by atoms with Crippen molar-refractivity contribution in [3.8, 4) is 11.8 Å². The highest BCUT2D eigenvalue weighted by Gasteiger charge is 2.12. The molecule has 130 valence electrons. The largest absolute Gasteiger partial charge is 0.464 e. The molecule has 0 aliphatic heterocycles. The highest BCUT2D eigenvalue weighted by atomic mass is 16.5. The maximum atomic E-state index is 11.5. The molecule has 0 saturated carbocycles. The summed E-state index contributed by atoms with van der Waals surface area (Å²) in [6, 6.07) is 1.40. The minimum absolute atomic E-state index is 0.0145. The van der Waals surface area contributed by atoms with Gasteiger partial charge in [-0.25, -0.2) is 14.6 Å². The predicted molar refractivity (Wildman–Crippen MR) is 88.1 cm³/mol. The van der Waals surface area contributed by atoms with Crippen LogP contribution in [0.2, 0.25) is 0 Å². The Morgan fingerprint density at radius 3 is 2.80 bits per heavy atom. The summed E-state index contributed by atoms with van der Waals surface area (Å²) in [5, 5.41) is 0. The van der Waals surface area contributed by atoms with E-state index < -0.39 is 11.9 Å². The van der Waals surface area contributed by atoms with Gasteiger partial charge >= 0.3 is 17.9 Å². The Hall–Kier alpha value is -3.29. The summed E-state index contributed by atoms with van der Waals surface area (Å²) in [6.45, 7) is 3.83. The fourth-order valence-electron chi connectivity index (χ4n) is 1.85. The van der Waals surface area contributed by atoms with Gasteiger partial charge in [0, 0.05) is 24.0 Å². The van der Waals surface area contributed by atoms with Crippen molar-refractivity contribution in [3.05, 3.63) is 47.6 Å². The standard InChI is InChI=1S/C17H17N3O5/c1-4-24-15(21)6-5-12-9-18-10-14(11(12)2)25-17-19-8-7-13(20-17)16(22)23-3/h5-10H,4H2,1-3H3/b6-5+. The lowest BCUT2D eigenvalue weighted by atomic mass is 10.1. The van der Waals surface area contributed by atoms with Crippen LogP contribution < -0.4 is 4.74 Å². The molecule has 2 aromatic heterocycles. The van der Waals surface area contributed by atoms with Crippen LogP contribution in [0.25, 0.3) is 6.08 Å². The van der Waals surface area contributed by atoms with Gasteiger partial charge in [-0.3, -0.25) is 4.98 Å². The van der Waals surface area contributed by atoms with Crippen molar-refractivity contribution >= 4 is 18.0 Å². The first kappa shape index (κ1) is 18.1. The van der Waals surface area contributed by atoms with E-state index in [2.05, 4.69) is 19.7 Å². The summed E-state index contributed by atoms with van der Waals surface area (Å²) in [5.41, 5.74) is 1.48. The van der Waals surface area contributed by atoms with Crippen LogP contribution in [0.5, 0.6) is 11.8 Å². The lowest BCUT2D eigenvalue weighted by Crippen LogP contribution is -2.06. The number of hydrogen-bond acceptors (Lipinski definition) is 8. The average molecular weight is 343 g/mol. The first-order valence-corrected chi connectivity index (χ1v) is 7.43. The van der Waals surface area contributed by atoms with Crippen LogP contribution in [0.1, 0.15) is 28.5 Å². The van der Waals surface area contributed by atoms with Crippen molar-refractivity contribution in [2.24, 2.45) is 0 Å². The third-order valence-electron chi connectivity index (χ3n) is 3.12. The summed E-state index contributed by atoms with van der Waals surface area (Å²) >= 11 is 0. The van der Waals surface area contributed by atoms with E-state index in [4.69, 9.17) is 9.47 Å². The van der Waals surface area contributed by atoms with Gasteiger partial charge in [-0.1, -0.05) is 0 Å². The number of nitrogens with zero attached hydrogens (tertiary/aromatic N) is 3. The third-order valence-corrected chi connectivity index (χ3v) is 3.12. The van der Waals surface area contributed by atoms with Gasteiger partial charge in [0.25, 0.3) is 0 Å². The van der Waals surface area contributed by atoms with Gasteiger partial charge in [-0.05, 0) is 31.6 Å².